The Morgan fingerprint density at radius 2 is 2.04 bits per heavy atom. The molecule has 7 heteroatoms. The number of carbonyl (C=O) groups is 1. The molecule has 0 unspecified atom stereocenters. The molecule has 23 heavy (non-hydrogen) atoms. The fourth-order valence-corrected chi connectivity index (χ4v) is 2.79. The summed E-state index contributed by atoms with van der Waals surface area (Å²) in [5.74, 6) is -0.0120. The van der Waals surface area contributed by atoms with Gasteiger partial charge in [-0.25, -0.2) is 14.6 Å². The zero-order chi connectivity index (χ0) is 16.1. The van der Waals surface area contributed by atoms with E-state index in [2.05, 4.69) is 20.4 Å². The minimum atomic E-state index is -0.0120. The Bertz CT molecular complexity index is 764. The van der Waals surface area contributed by atoms with Gasteiger partial charge in [-0.1, -0.05) is 24.3 Å². The van der Waals surface area contributed by atoms with Crippen LogP contribution in [0.5, 0.6) is 0 Å². The van der Waals surface area contributed by atoms with Gasteiger partial charge in [-0.2, -0.15) is 5.10 Å². The lowest BCUT2D eigenvalue weighted by atomic mass is 10.1. The summed E-state index contributed by atoms with van der Waals surface area (Å²) in [6, 6.07) is 8.10. The van der Waals surface area contributed by atoms with Crippen LogP contribution in [0.4, 0.5) is 0 Å². The predicted molar refractivity (Wildman–Crippen MR) is 88.0 cm³/mol. The highest BCUT2D eigenvalue weighted by Gasteiger charge is 2.06. The SMILES string of the molecule is Cc1nc(CC(=O)NCc2ccc(Cn3cncn3)cc2)cs1. The van der Waals surface area contributed by atoms with E-state index >= 15 is 0 Å². The standard InChI is InChI=1S/C16H17N5OS/c1-12-20-15(9-23-12)6-16(22)18-7-13-2-4-14(5-3-13)8-21-11-17-10-19-21/h2-5,9-11H,6-8H2,1H3,(H,18,22). The highest BCUT2D eigenvalue weighted by Crippen LogP contribution is 2.09. The number of nitrogens with zero attached hydrogens (tertiary/aromatic N) is 4. The minimum absolute atomic E-state index is 0.0120. The molecule has 0 radical (unpaired) electrons. The van der Waals surface area contributed by atoms with Gasteiger partial charge in [-0.3, -0.25) is 4.79 Å². The fraction of sp³-hybridized carbons (Fsp3) is 0.250. The number of amides is 1. The normalized spacial score (nSPS) is 10.7. The van der Waals surface area contributed by atoms with Gasteiger partial charge in [0.05, 0.1) is 23.7 Å². The number of aromatic nitrogens is 4. The molecule has 6 nitrogen and oxygen atoms in total. The molecule has 0 aliphatic heterocycles. The number of hydrogen-bond acceptors (Lipinski definition) is 5. The second-order valence-electron chi connectivity index (χ2n) is 5.22. The average molecular weight is 327 g/mol. The van der Waals surface area contributed by atoms with E-state index in [4.69, 9.17) is 0 Å². The Kier molecular flexibility index (Phi) is 4.77. The fourth-order valence-electron chi connectivity index (χ4n) is 2.18. The van der Waals surface area contributed by atoms with Gasteiger partial charge in [0.25, 0.3) is 0 Å². The van der Waals surface area contributed by atoms with E-state index in [1.54, 1.807) is 22.3 Å². The van der Waals surface area contributed by atoms with E-state index < -0.39 is 0 Å². The summed E-state index contributed by atoms with van der Waals surface area (Å²) in [4.78, 5) is 20.1. The largest absolute Gasteiger partial charge is 0.352 e. The van der Waals surface area contributed by atoms with Crippen molar-refractivity contribution < 1.29 is 4.79 Å². The Morgan fingerprint density at radius 3 is 2.70 bits per heavy atom. The monoisotopic (exact) mass is 327 g/mol. The van der Waals surface area contributed by atoms with Crippen molar-refractivity contribution in [3.05, 3.63) is 64.1 Å². The van der Waals surface area contributed by atoms with Crippen LogP contribution >= 0.6 is 11.3 Å². The van der Waals surface area contributed by atoms with Crippen LogP contribution in [0.15, 0.2) is 42.3 Å². The number of aryl methyl sites for hydroxylation is 1. The lowest BCUT2D eigenvalue weighted by molar-refractivity contribution is -0.120. The van der Waals surface area contributed by atoms with Crippen molar-refractivity contribution >= 4 is 17.2 Å². The van der Waals surface area contributed by atoms with E-state index in [-0.39, 0.29) is 5.91 Å². The molecule has 2 heterocycles. The number of nitrogens with one attached hydrogen (secondary N) is 1. The van der Waals surface area contributed by atoms with E-state index in [0.29, 0.717) is 19.5 Å². The quantitative estimate of drug-likeness (QED) is 0.751. The Labute approximate surface area is 138 Å². The van der Waals surface area contributed by atoms with Gasteiger partial charge >= 0.3 is 0 Å². The van der Waals surface area contributed by atoms with Gasteiger partial charge in [-0.05, 0) is 18.1 Å². The maximum atomic E-state index is 11.9. The average Bonchev–Trinajstić information content (AvgIpc) is 3.19. The molecule has 0 saturated heterocycles. The molecule has 1 N–H and O–H groups in total. The molecule has 0 saturated carbocycles. The molecule has 1 amide bonds. The first kappa shape index (κ1) is 15.4. The second-order valence-corrected chi connectivity index (χ2v) is 6.28. The van der Waals surface area contributed by atoms with Crippen molar-refractivity contribution in [3.8, 4) is 0 Å². The van der Waals surface area contributed by atoms with Crippen LogP contribution in [-0.2, 0) is 24.3 Å². The van der Waals surface area contributed by atoms with Crippen LogP contribution in [0.25, 0.3) is 0 Å². The second kappa shape index (κ2) is 7.15. The van der Waals surface area contributed by atoms with Gasteiger partial charge in [0, 0.05) is 11.9 Å². The third-order valence-electron chi connectivity index (χ3n) is 3.33. The number of thiazole rings is 1. The summed E-state index contributed by atoms with van der Waals surface area (Å²) < 4.78 is 1.77. The van der Waals surface area contributed by atoms with Crippen molar-refractivity contribution in [1.82, 2.24) is 25.1 Å². The molecule has 0 aliphatic carbocycles. The summed E-state index contributed by atoms with van der Waals surface area (Å²) in [6.07, 6.45) is 3.54. The summed E-state index contributed by atoms with van der Waals surface area (Å²) in [5.41, 5.74) is 3.03. The van der Waals surface area contributed by atoms with Crippen molar-refractivity contribution in [3.63, 3.8) is 0 Å². The van der Waals surface area contributed by atoms with Gasteiger partial charge in [0.1, 0.15) is 12.7 Å². The molecule has 0 aliphatic rings. The first-order chi connectivity index (χ1) is 11.2. The van der Waals surface area contributed by atoms with Crippen LogP contribution in [0, 0.1) is 6.92 Å². The highest BCUT2D eigenvalue weighted by molar-refractivity contribution is 7.09. The summed E-state index contributed by atoms with van der Waals surface area (Å²) in [7, 11) is 0. The van der Waals surface area contributed by atoms with E-state index in [1.807, 2.05) is 36.6 Å². The van der Waals surface area contributed by atoms with Crippen LogP contribution in [0.3, 0.4) is 0 Å². The lowest BCUT2D eigenvalue weighted by Crippen LogP contribution is -2.24. The minimum Gasteiger partial charge on any atom is -0.352 e. The molecule has 0 atom stereocenters. The zero-order valence-electron chi connectivity index (χ0n) is 12.8. The zero-order valence-corrected chi connectivity index (χ0v) is 13.6. The summed E-state index contributed by atoms with van der Waals surface area (Å²) in [5, 5.41) is 9.91. The molecule has 3 aromatic rings. The van der Waals surface area contributed by atoms with Crippen LogP contribution < -0.4 is 5.32 Å². The first-order valence-electron chi connectivity index (χ1n) is 7.27. The third-order valence-corrected chi connectivity index (χ3v) is 4.15. The van der Waals surface area contributed by atoms with Crippen LogP contribution in [0.1, 0.15) is 21.8 Å². The van der Waals surface area contributed by atoms with Gasteiger partial charge < -0.3 is 5.32 Å². The molecule has 0 spiro atoms. The van der Waals surface area contributed by atoms with Gasteiger partial charge in [-0.15, -0.1) is 11.3 Å². The molecular formula is C16H17N5OS. The number of hydrogen-bond donors (Lipinski definition) is 1. The number of benzene rings is 1. The summed E-state index contributed by atoms with van der Waals surface area (Å²) in [6.45, 7) is 3.15. The van der Waals surface area contributed by atoms with Crippen molar-refractivity contribution in [2.75, 3.05) is 0 Å². The maximum Gasteiger partial charge on any atom is 0.226 e. The molecule has 3 rings (SSSR count). The van der Waals surface area contributed by atoms with Crippen molar-refractivity contribution in [2.45, 2.75) is 26.4 Å². The highest BCUT2D eigenvalue weighted by atomic mass is 32.1. The smallest absolute Gasteiger partial charge is 0.226 e. The van der Waals surface area contributed by atoms with E-state index in [0.717, 1.165) is 21.8 Å². The lowest BCUT2D eigenvalue weighted by Gasteiger charge is -2.06. The van der Waals surface area contributed by atoms with Crippen LogP contribution in [-0.4, -0.2) is 25.7 Å². The van der Waals surface area contributed by atoms with Crippen molar-refractivity contribution in [2.24, 2.45) is 0 Å². The number of rotatable bonds is 6. The molecule has 0 bridgehead atoms. The van der Waals surface area contributed by atoms with E-state index in [9.17, 15) is 4.79 Å². The third kappa shape index (κ3) is 4.46. The molecule has 118 valence electrons. The van der Waals surface area contributed by atoms with Gasteiger partial charge in [0.15, 0.2) is 0 Å². The van der Waals surface area contributed by atoms with Crippen LogP contribution in [0.2, 0.25) is 0 Å². The first-order valence-corrected chi connectivity index (χ1v) is 8.15. The Balaban J connectivity index is 1.49. The van der Waals surface area contributed by atoms with Crippen molar-refractivity contribution in [1.29, 1.82) is 0 Å². The Hall–Kier alpha value is -2.54. The number of carbonyl (C=O) groups excluding carboxylic acids is 1. The Morgan fingerprint density at radius 1 is 1.26 bits per heavy atom. The molecule has 1 aromatic carbocycles. The molecular weight excluding hydrogens is 310 g/mol. The topological polar surface area (TPSA) is 72.7 Å². The van der Waals surface area contributed by atoms with E-state index in [1.165, 1.54) is 6.33 Å². The van der Waals surface area contributed by atoms with Gasteiger partial charge in [0.2, 0.25) is 5.91 Å². The predicted octanol–water partition coefficient (Wildman–Crippen LogP) is 1.95. The molecule has 0 fully saturated rings. The summed E-state index contributed by atoms with van der Waals surface area (Å²) >= 11 is 1.56. The molecule has 2 aromatic heterocycles. The maximum absolute atomic E-state index is 11.9.